The van der Waals surface area contributed by atoms with Gasteiger partial charge in [-0.25, -0.2) is 8.42 Å². The molecular formula is C31H27ClN2O4S2. The van der Waals surface area contributed by atoms with Crippen molar-refractivity contribution in [2.75, 3.05) is 16.2 Å². The van der Waals surface area contributed by atoms with Crippen molar-refractivity contribution in [3.8, 4) is 11.5 Å². The molecule has 6 nitrogen and oxygen atoms in total. The Bertz CT molecular complexity index is 1770. The van der Waals surface area contributed by atoms with Crippen molar-refractivity contribution < 1.29 is 17.9 Å². The van der Waals surface area contributed by atoms with Gasteiger partial charge >= 0.3 is 0 Å². The minimum absolute atomic E-state index is 0.243. The summed E-state index contributed by atoms with van der Waals surface area (Å²) in [5, 5.41) is 4.15. The van der Waals surface area contributed by atoms with Gasteiger partial charge in [-0.1, -0.05) is 54.4 Å². The van der Waals surface area contributed by atoms with E-state index < -0.39 is 10.0 Å². The van der Waals surface area contributed by atoms with Crippen LogP contribution >= 0.6 is 22.9 Å². The number of benzene rings is 4. The number of carbonyl (C=O) groups excluding carboxylic acids is 1. The van der Waals surface area contributed by atoms with Gasteiger partial charge in [0.25, 0.3) is 15.9 Å². The second-order valence-electron chi connectivity index (χ2n) is 9.23. The van der Waals surface area contributed by atoms with E-state index in [0.29, 0.717) is 45.7 Å². The van der Waals surface area contributed by atoms with E-state index in [4.69, 9.17) is 16.3 Å². The number of nitrogens with zero attached hydrogens (tertiary/aromatic N) is 1. The second kappa shape index (κ2) is 11.7. The maximum absolute atomic E-state index is 13.5. The van der Waals surface area contributed by atoms with Crippen LogP contribution in [0.25, 0.3) is 10.1 Å². The lowest BCUT2D eigenvalue weighted by Gasteiger charge is -2.24. The van der Waals surface area contributed by atoms with Crippen molar-refractivity contribution in [2.45, 2.75) is 25.2 Å². The van der Waals surface area contributed by atoms with Gasteiger partial charge in [0.2, 0.25) is 0 Å². The molecule has 0 saturated heterocycles. The first-order valence-electron chi connectivity index (χ1n) is 12.7. The number of thiophene rings is 1. The summed E-state index contributed by atoms with van der Waals surface area (Å²) >= 11 is 7.54. The summed E-state index contributed by atoms with van der Waals surface area (Å²) in [5.74, 6) is 0.774. The highest BCUT2D eigenvalue weighted by Crippen LogP contribution is 2.35. The summed E-state index contributed by atoms with van der Waals surface area (Å²) in [6.07, 6.45) is 0.646. The summed E-state index contributed by atoms with van der Waals surface area (Å²) in [7, 11) is -3.76. The number of halogens is 1. The van der Waals surface area contributed by atoms with Crippen molar-refractivity contribution in [3.05, 3.63) is 113 Å². The lowest BCUT2D eigenvalue weighted by Crippen LogP contribution is -2.31. The van der Waals surface area contributed by atoms with Crippen LogP contribution in [0.4, 0.5) is 11.4 Å². The number of sulfonamides is 1. The van der Waals surface area contributed by atoms with Crippen molar-refractivity contribution in [2.24, 2.45) is 0 Å². The molecular weight excluding hydrogens is 564 g/mol. The van der Waals surface area contributed by atoms with E-state index in [0.717, 1.165) is 15.6 Å². The van der Waals surface area contributed by atoms with Crippen LogP contribution in [0, 0.1) is 6.92 Å². The average Bonchev–Trinajstić information content (AvgIpc) is 3.38. The zero-order valence-corrected chi connectivity index (χ0v) is 24.3. The zero-order valence-electron chi connectivity index (χ0n) is 21.9. The molecule has 0 aliphatic heterocycles. The number of ether oxygens (including phenoxy) is 1. The van der Waals surface area contributed by atoms with Gasteiger partial charge in [-0.2, -0.15) is 0 Å². The molecule has 0 spiro atoms. The van der Waals surface area contributed by atoms with Crippen molar-refractivity contribution in [1.29, 1.82) is 0 Å². The van der Waals surface area contributed by atoms with Crippen LogP contribution in [0.3, 0.4) is 0 Å². The van der Waals surface area contributed by atoms with Crippen LogP contribution in [0.5, 0.6) is 11.5 Å². The number of carbonyl (C=O) groups is 1. The van der Waals surface area contributed by atoms with Gasteiger partial charge in [-0.15, -0.1) is 11.3 Å². The third kappa shape index (κ3) is 5.99. The molecule has 0 aliphatic carbocycles. The van der Waals surface area contributed by atoms with Crippen LogP contribution in [-0.4, -0.2) is 20.9 Å². The molecule has 0 aliphatic rings. The Balaban J connectivity index is 1.43. The van der Waals surface area contributed by atoms with Gasteiger partial charge in [-0.05, 0) is 85.5 Å². The molecule has 0 fully saturated rings. The number of para-hydroxylation sites is 1. The molecule has 40 heavy (non-hydrogen) atoms. The molecule has 9 heteroatoms. The molecule has 4 aromatic carbocycles. The molecule has 1 heterocycles. The van der Waals surface area contributed by atoms with Crippen LogP contribution in [0.2, 0.25) is 5.02 Å². The largest absolute Gasteiger partial charge is 0.455 e. The number of fused-ring (bicyclic) bond motifs is 1. The third-order valence-corrected chi connectivity index (χ3v) is 9.40. The van der Waals surface area contributed by atoms with Gasteiger partial charge in [0.15, 0.2) is 5.75 Å². The van der Waals surface area contributed by atoms with E-state index in [2.05, 4.69) is 5.32 Å². The highest BCUT2D eigenvalue weighted by molar-refractivity contribution is 7.92. The Kier molecular flexibility index (Phi) is 8.12. The van der Waals surface area contributed by atoms with Gasteiger partial charge in [0.05, 0.1) is 21.1 Å². The van der Waals surface area contributed by atoms with E-state index in [1.165, 1.54) is 15.6 Å². The predicted octanol–water partition coefficient (Wildman–Crippen LogP) is 8.51. The van der Waals surface area contributed by atoms with Crippen LogP contribution < -0.4 is 14.4 Å². The number of amides is 1. The molecule has 0 atom stereocenters. The quantitative estimate of drug-likeness (QED) is 0.187. The molecule has 0 saturated carbocycles. The molecule has 0 unspecified atom stereocenters. The molecule has 204 valence electrons. The number of aryl methyl sites for hydroxylation is 1. The van der Waals surface area contributed by atoms with Gasteiger partial charge in [0.1, 0.15) is 5.75 Å². The number of hydrogen-bond donors (Lipinski definition) is 1. The lowest BCUT2D eigenvalue weighted by atomic mass is 10.2. The molecule has 1 N–H and O–H groups in total. The standard InChI is InChI=1S/C31H27ClN2O4S2/c1-3-17-34(40(36,37)26-13-9-21(2)10-14-26)24-12-16-29-22(18-24)19-30(39-29)31(35)33-27-20-23(32)11-15-28(27)38-25-7-5-4-6-8-25/h4-16,18-20H,3,17H2,1-2H3,(H,33,35). The van der Waals surface area contributed by atoms with Gasteiger partial charge < -0.3 is 10.1 Å². The maximum atomic E-state index is 13.5. The summed E-state index contributed by atoms with van der Waals surface area (Å²) < 4.78 is 35.3. The maximum Gasteiger partial charge on any atom is 0.265 e. The molecule has 0 bridgehead atoms. The third-order valence-electron chi connectivity index (χ3n) is 6.21. The zero-order chi connectivity index (χ0) is 28.3. The Hall–Kier alpha value is -3.85. The first kappa shape index (κ1) is 27.7. The normalized spacial score (nSPS) is 11.4. The Labute approximate surface area is 242 Å². The fourth-order valence-electron chi connectivity index (χ4n) is 4.21. The van der Waals surface area contributed by atoms with Crippen molar-refractivity contribution >= 4 is 60.3 Å². The molecule has 5 aromatic rings. The van der Waals surface area contributed by atoms with E-state index in [1.54, 1.807) is 54.6 Å². The highest BCUT2D eigenvalue weighted by atomic mass is 35.5. The monoisotopic (exact) mass is 590 g/mol. The molecule has 1 amide bonds. The molecule has 1 aromatic heterocycles. The number of rotatable bonds is 9. The first-order chi connectivity index (χ1) is 19.2. The average molecular weight is 591 g/mol. The highest BCUT2D eigenvalue weighted by Gasteiger charge is 2.25. The number of nitrogens with one attached hydrogen (secondary N) is 1. The topological polar surface area (TPSA) is 75.7 Å². The first-order valence-corrected chi connectivity index (χ1v) is 15.3. The number of hydrogen-bond acceptors (Lipinski definition) is 5. The van der Waals surface area contributed by atoms with Crippen LogP contribution in [-0.2, 0) is 10.0 Å². The SMILES string of the molecule is CCCN(c1ccc2sc(C(=O)Nc3cc(Cl)ccc3Oc3ccccc3)cc2c1)S(=O)(=O)c1ccc(C)cc1. The van der Waals surface area contributed by atoms with E-state index in [9.17, 15) is 13.2 Å². The van der Waals surface area contributed by atoms with Gasteiger partial charge in [0, 0.05) is 16.3 Å². The van der Waals surface area contributed by atoms with Crippen molar-refractivity contribution in [3.63, 3.8) is 0 Å². The minimum Gasteiger partial charge on any atom is -0.455 e. The van der Waals surface area contributed by atoms with Gasteiger partial charge in [-0.3, -0.25) is 9.10 Å². The minimum atomic E-state index is -3.76. The summed E-state index contributed by atoms with van der Waals surface area (Å²) in [6.45, 7) is 4.19. The smallest absolute Gasteiger partial charge is 0.265 e. The van der Waals surface area contributed by atoms with E-state index in [1.807, 2.05) is 56.3 Å². The fraction of sp³-hybridized carbons (Fsp3) is 0.129. The van der Waals surface area contributed by atoms with E-state index >= 15 is 0 Å². The van der Waals surface area contributed by atoms with Crippen molar-refractivity contribution in [1.82, 2.24) is 0 Å². The van der Waals surface area contributed by atoms with Crippen LogP contribution in [0.1, 0.15) is 28.6 Å². The lowest BCUT2D eigenvalue weighted by molar-refractivity contribution is 0.103. The Morgan fingerprint density at radius 3 is 2.42 bits per heavy atom. The second-order valence-corrected chi connectivity index (χ2v) is 12.6. The van der Waals surface area contributed by atoms with E-state index in [-0.39, 0.29) is 10.8 Å². The van der Waals surface area contributed by atoms with Crippen LogP contribution in [0.15, 0.2) is 102 Å². The Morgan fingerprint density at radius 2 is 1.70 bits per heavy atom. The summed E-state index contributed by atoms with van der Waals surface area (Å²) in [6, 6.07) is 28.4. The predicted molar refractivity (Wildman–Crippen MR) is 164 cm³/mol. The summed E-state index contributed by atoms with van der Waals surface area (Å²) in [5.41, 5.74) is 1.98. The number of anilines is 2. The summed E-state index contributed by atoms with van der Waals surface area (Å²) in [4.78, 5) is 14.0. The Morgan fingerprint density at radius 1 is 0.950 bits per heavy atom. The molecule has 5 rings (SSSR count). The fourth-order valence-corrected chi connectivity index (χ4v) is 6.87. The molecule has 0 radical (unpaired) electrons.